The van der Waals surface area contributed by atoms with Crippen LogP contribution in [0.2, 0.25) is 0 Å². The first kappa shape index (κ1) is 12.7. The van der Waals surface area contributed by atoms with Gasteiger partial charge in [0.15, 0.2) is 0 Å². The van der Waals surface area contributed by atoms with Crippen molar-refractivity contribution in [2.45, 2.75) is 39.5 Å². The molecule has 3 heteroatoms. The van der Waals surface area contributed by atoms with Crippen LogP contribution in [0.3, 0.4) is 0 Å². The summed E-state index contributed by atoms with van der Waals surface area (Å²) >= 11 is 0. The highest BCUT2D eigenvalue weighted by Crippen LogP contribution is 2.19. The van der Waals surface area contributed by atoms with Gasteiger partial charge in [0.2, 0.25) is 0 Å². The third kappa shape index (κ3) is 2.73. The Labute approximate surface area is 108 Å². The molecule has 0 aliphatic rings. The first-order chi connectivity index (χ1) is 8.58. The molecule has 94 valence electrons. The second kappa shape index (κ2) is 5.25. The molecule has 0 aliphatic carbocycles. The molecule has 0 saturated heterocycles. The van der Waals surface area contributed by atoms with Crippen molar-refractivity contribution in [3.8, 4) is 11.3 Å². The van der Waals surface area contributed by atoms with E-state index >= 15 is 0 Å². The van der Waals surface area contributed by atoms with E-state index in [9.17, 15) is 0 Å². The molecule has 2 aromatic rings. The molecule has 0 atom stereocenters. The van der Waals surface area contributed by atoms with Crippen molar-refractivity contribution in [2.24, 2.45) is 0 Å². The minimum atomic E-state index is 0.357. The standard InChI is InChI=1S/C15H19N3/c1-10(2)12-5-6-14(16-7-12)13-8-17-15(11(3)4)18-9-13/h5-11H,1-4H3. The van der Waals surface area contributed by atoms with Gasteiger partial charge in [0, 0.05) is 30.1 Å². The van der Waals surface area contributed by atoms with E-state index in [0.717, 1.165) is 17.1 Å². The van der Waals surface area contributed by atoms with E-state index in [-0.39, 0.29) is 0 Å². The highest BCUT2D eigenvalue weighted by Gasteiger charge is 2.05. The molecule has 0 bridgehead atoms. The quantitative estimate of drug-likeness (QED) is 0.820. The van der Waals surface area contributed by atoms with E-state index in [1.54, 1.807) is 0 Å². The fraction of sp³-hybridized carbons (Fsp3) is 0.400. The smallest absolute Gasteiger partial charge is 0.130 e. The van der Waals surface area contributed by atoms with Crippen molar-refractivity contribution in [1.82, 2.24) is 15.0 Å². The number of hydrogen-bond acceptors (Lipinski definition) is 3. The monoisotopic (exact) mass is 241 g/mol. The largest absolute Gasteiger partial charge is 0.256 e. The second-order valence-electron chi connectivity index (χ2n) is 5.12. The minimum Gasteiger partial charge on any atom is -0.256 e. The number of pyridine rings is 1. The van der Waals surface area contributed by atoms with Crippen LogP contribution >= 0.6 is 0 Å². The summed E-state index contributed by atoms with van der Waals surface area (Å²) in [5.74, 6) is 1.74. The van der Waals surface area contributed by atoms with Gasteiger partial charge in [0.25, 0.3) is 0 Å². The Kier molecular flexibility index (Phi) is 3.70. The Bertz CT molecular complexity index is 449. The molecule has 0 aromatic carbocycles. The molecule has 18 heavy (non-hydrogen) atoms. The molecule has 2 aromatic heterocycles. The summed E-state index contributed by atoms with van der Waals surface area (Å²) in [5.41, 5.74) is 3.14. The first-order valence-corrected chi connectivity index (χ1v) is 6.36. The number of rotatable bonds is 3. The third-order valence-corrected chi connectivity index (χ3v) is 2.94. The van der Waals surface area contributed by atoms with Crippen LogP contribution < -0.4 is 0 Å². The maximum absolute atomic E-state index is 4.46. The van der Waals surface area contributed by atoms with E-state index in [2.05, 4.69) is 48.7 Å². The molecule has 2 rings (SSSR count). The molecule has 0 radical (unpaired) electrons. The van der Waals surface area contributed by atoms with Crippen LogP contribution in [-0.2, 0) is 0 Å². The Balaban J connectivity index is 2.25. The van der Waals surface area contributed by atoms with E-state index in [1.807, 2.05) is 24.7 Å². The lowest BCUT2D eigenvalue weighted by Gasteiger charge is -2.07. The molecule has 0 amide bonds. The van der Waals surface area contributed by atoms with Gasteiger partial charge in [-0.25, -0.2) is 9.97 Å². The Morgan fingerprint density at radius 1 is 0.778 bits per heavy atom. The maximum Gasteiger partial charge on any atom is 0.130 e. The fourth-order valence-electron chi connectivity index (χ4n) is 1.69. The molecular formula is C15H19N3. The van der Waals surface area contributed by atoms with Gasteiger partial charge in [-0.3, -0.25) is 4.98 Å². The second-order valence-corrected chi connectivity index (χ2v) is 5.12. The minimum absolute atomic E-state index is 0.357. The van der Waals surface area contributed by atoms with E-state index < -0.39 is 0 Å². The lowest BCUT2D eigenvalue weighted by atomic mass is 10.1. The summed E-state index contributed by atoms with van der Waals surface area (Å²) in [6.45, 7) is 8.50. The average molecular weight is 241 g/mol. The van der Waals surface area contributed by atoms with Gasteiger partial charge in [-0.2, -0.15) is 0 Å². The summed E-state index contributed by atoms with van der Waals surface area (Å²) in [7, 11) is 0. The SMILES string of the molecule is CC(C)c1ccc(-c2cnc(C(C)C)nc2)nc1. The molecule has 0 fully saturated rings. The van der Waals surface area contributed by atoms with Crippen LogP contribution in [0, 0.1) is 0 Å². The van der Waals surface area contributed by atoms with E-state index in [4.69, 9.17) is 0 Å². The van der Waals surface area contributed by atoms with E-state index in [0.29, 0.717) is 11.8 Å². The zero-order valence-electron chi connectivity index (χ0n) is 11.4. The molecule has 0 unspecified atom stereocenters. The highest BCUT2D eigenvalue weighted by atomic mass is 14.9. The highest BCUT2D eigenvalue weighted by molar-refractivity contribution is 5.56. The Hall–Kier alpha value is -1.77. The van der Waals surface area contributed by atoms with Crippen molar-refractivity contribution in [3.05, 3.63) is 42.1 Å². The van der Waals surface area contributed by atoms with Crippen LogP contribution in [0.15, 0.2) is 30.7 Å². The van der Waals surface area contributed by atoms with Gasteiger partial charge in [0.05, 0.1) is 5.69 Å². The predicted molar refractivity (Wildman–Crippen MR) is 73.4 cm³/mol. The molecule has 0 saturated carbocycles. The van der Waals surface area contributed by atoms with Crippen LogP contribution in [0.25, 0.3) is 11.3 Å². The Morgan fingerprint density at radius 3 is 1.89 bits per heavy atom. The lowest BCUT2D eigenvalue weighted by molar-refractivity contribution is 0.774. The average Bonchev–Trinajstić information content (AvgIpc) is 2.39. The van der Waals surface area contributed by atoms with Crippen molar-refractivity contribution >= 4 is 0 Å². The number of hydrogen-bond donors (Lipinski definition) is 0. The molecule has 2 heterocycles. The van der Waals surface area contributed by atoms with Crippen molar-refractivity contribution in [2.75, 3.05) is 0 Å². The van der Waals surface area contributed by atoms with Crippen molar-refractivity contribution < 1.29 is 0 Å². The van der Waals surface area contributed by atoms with Gasteiger partial charge in [0.1, 0.15) is 5.82 Å². The van der Waals surface area contributed by atoms with Crippen molar-refractivity contribution in [1.29, 1.82) is 0 Å². The molecular weight excluding hydrogens is 222 g/mol. The van der Waals surface area contributed by atoms with Gasteiger partial charge in [-0.05, 0) is 17.5 Å². The molecule has 3 nitrogen and oxygen atoms in total. The van der Waals surface area contributed by atoms with Crippen molar-refractivity contribution in [3.63, 3.8) is 0 Å². The normalized spacial score (nSPS) is 11.2. The Morgan fingerprint density at radius 2 is 1.44 bits per heavy atom. The van der Waals surface area contributed by atoms with Gasteiger partial charge in [-0.1, -0.05) is 33.8 Å². The van der Waals surface area contributed by atoms with Crippen LogP contribution in [-0.4, -0.2) is 15.0 Å². The summed E-state index contributed by atoms with van der Waals surface area (Å²) in [5, 5.41) is 0. The zero-order chi connectivity index (χ0) is 13.1. The summed E-state index contributed by atoms with van der Waals surface area (Å²) in [4.78, 5) is 13.2. The lowest BCUT2D eigenvalue weighted by Crippen LogP contribution is -1.97. The van der Waals surface area contributed by atoms with Crippen LogP contribution in [0.1, 0.15) is 50.9 Å². The van der Waals surface area contributed by atoms with Crippen LogP contribution in [0.4, 0.5) is 0 Å². The fourth-order valence-corrected chi connectivity index (χ4v) is 1.69. The molecule has 0 N–H and O–H groups in total. The summed E-state index contributed by atoms with van der Waals surface area (Å²) in [6, 6.07) is 4.15. The first-order valence-electron chi connectivity index (χ1n) is 6.36. The van der Waals surface area contributed by atoms with E-state index in [1.165, 1.54) is 5.56 Å². The third-order valence-electron chi connectivity index (χ3n) is 2.94. The molecule has 0 aliphatic heterocycles. The summed E-state index contributed by atoms with van der Waals surface area (Å²) < 4.78 is 0. The van der Waals surface area contributed by atoms with Gasteiger partial charge in [-0.15, -0.1) is 0 Å². The number of nitrogens with zero attached hydrogens (tertiary/aromatic N) is 3. The van der Waals surface area contributed by atoms with Gasteiger partial charge >= 0.3 is 0 Å². The topological polar surface area (TPSA) is 38.7 Å². The molecule has 0 spiro atoms. The number of aromatic nitrogens is 3. The summed E-state index contributed by atoms with van der Waals surface area (Å²) in [6.07, 6.45) is 5.62. The van der Waals surface area contributed by atoms with Crippen LogP contribution in [0.5, 0.6) is 0 Å². The zero-order valence-corrected chi connectivity index (χ0v) is 11.4. The van der Waals surface area contributed by atoms with Gasteiger partial charge < -0.3 is 0 Å². The maximum atomic E-state index is 4.46. The predicted octanol–water partition coefficient (Wildman–Crippen LogP) is 3.79.